The van der Waals surface area contributed by atoms with E-state index in [1.54, 1.807) is 5.56 Å². The van der Waals surface area contributed by atoms with E-state index in [1.165, 1.54) is 5.56 Å². The molecule has 1 aliphatic rings. The molecule has 0 nitrogen and oxygen atoms in total. The van der Waals surface area contributed by atoms with Crippen LogP contribution in [0.15, 0.2) is 30.3 Å². The van der Waals surface area contributed by atoms with Gasteiger partial charge in [0.15, 0.2) is 0 Å². The van der Waals surface area contributed by atoms with Crippen molar-refractivity contribution in [3.8, 4) is 0 Å². The zero-order valence-electron chi connectivity index (χ0n) is 7.68. The molecule has 0 saturated carbocycles. The third-order valence-electron chi connectivity index (χ3n) is 2.11. The summed E-state index contributed by atoms with van der Waals surface area (Å²) in [7, 11) is 0. The van der Waals surface area contributed by atoms with Crippen molar-refractivity contribution in [1.29, 1.82) is 0 Å². The van der Waals surface area contributed by atoms with Crippen molar-refractivity contribution in [3.05, 3.63) is 41.5 Å². The topological polar surface area (TPSA) is 0 Å². The van der Waals surface area contributed by atoms with E-state index in [0.29, 0.717) is 0 Å². The van der Waals surface area contributed by atoms with Crippen molar-refractivity contribution in [2.24, 2.45) is 0 Å². The summed E-state index contributed by atoms with van der Waals surface area (Å²) < 4.78 is 3.25. The molecule has 1 unspecified atom stereocenters. The Hall–Kier alpha value is 1.28. The van der Waals surface area contributed by atoms with E-state index < -0.39 is 0 Å². The molecule has 0 N–H and O–H groups in total. The van der Waals surface area contributed by atoms with Gasteiger partial charge in [0, 0.05) is 0 Å². The molecular formula is C10H10Br3Zr. The van der Waals surface area contributed by atoms with Crippen LogP contribution in [0.4, 0.5) is 0 Å². The van der Waals surface area contributed by atoms with Gasteiger partial charge in [0.2, 0.25) is 0 Å². The van der Waals surface area contributed by atoms with Crippen molar-refractivity contribution < 1.29 is 74.2 Å². The third kappa shape index (κ3) is 3.70. The number of hydrogen-bond acceptors (Lipinski definition) is 0. The van der Waals surface area contributed by atoms with E-state index >= 15 is 0 Å². The Morgan fingerprint density at radius 2 is 1.71 bits per heavy atom. The second-order valence-electron chi connectivity index (χ2n) is 2.75. The summed E-state index contributed by atoms with van der Waals surface area (Å²) in [5.41, 5.74) is 3.02. The molecule has 1 atom stereocenters. The van der Waals surface area contributed by atoms with Crippen LogP contribution < -0.4 is 50.9 Å². The van der Waals surface area contributed by atoms with Gasteiger partial charge < -0.3 is 50.9 Å². The number of rotatable bonds is 1. The molecule has 0 radical (unpaired) electrons. The van der Waals surface area contributed by atoms with Gasteiger partial charge in [0.25, 0.3) is 0 Å². The molecule has 0 heterocycles. The predicted octanol–water partition coefficient (Wildman–Crippen LogP) is -6.10. The van der Waals surface area contributed by atoms with Gasteiger partial charge in [-0.25, -0.2) is 0 Å². The van der Waals surface area contributed by atoms with Crippen LogP contribution in [0.25, 0.3) is 6.08 Å². The van der Waals surface area contributed by atoms with Gasteiger partial charge in [-0.05, 0) is 0 Å². The first-order valence-electron chi connectivity index (χ1n) is 3.86. The van der Waals surface area contributed by atoms with Gasteiger partial charge in [0.05, 0.1) is 0 Å². The molecule has 0 aromatic heterocycles. The quantitative estimate of drug-likeness (QED) is 0.391. The van der Waals surface area contributed by atoms with Gasteiger partial charge in [-0.1, -0.05) is 0 Å². The predicted molar refractivity (Wildman–Crippen MR) is 44.1 cm³/mol. The van der Waals surface area contributed by atoms with Crippen LogP contribution in [0.2, 0.25) is 4.63 Å². The van der Waals surface area contributed by atoms with E-state index in [-0.39, 0.29) is 74.2 Å². The van der Waals surface area contributed by atoms with Crippen molar-refractivity contribution >= 4 is 6.08 Å². The second kappa shape index (κ2) is 8.44. The Morgan fingerprint density at radius 3 is 2.36 bits per heavy atom. The molecular weight excluding hydrogens is 451 g/mol. The summed E-state index contributed by atoms with van der Waals surface area (Å²) in [5, 5.41) is 0. The molecule has 0 amide bonds. The van der Waals surface area contributed by atoms with Crippen molar-refractivity contribution in [2.75, 3.05) is 0 Å². The van der Waals surface area contributed by atoms with Crippen LogP contribution in [-0.4, -0.2) is 0 Å². The number of hydrogen-bond donors (Lipinski definition) is 0. The first kappa shape index (κ1) is 17.7. The fourth-order valence-corrected chi connectivity index (χ4v) is 3.62. The SMILES string of the molecule is [Br-].[Br-].[Br-].[CH3][Zr+3][CH]1C=Cc2ccccc21. The molecule has 4 heteroatoms. The molecule has 2 rings (SSSR count). The van der Waals surface area contributed by atoms with Gasteiger partial charge in [-0.15, -0.1) is 0 Å². The summed E-state index contributed by atoms with van der Waals surface area (Å²) >= 11 is -0.156. The molecule has 0 saturated heterocycles. The number of benzene rings is 1. The summed E-state index contributed by atoms with van der Waals surface area (Å²) in [4.78, 5) is 0. The number of allylic oxidation sites excluding steroid dienone is 1. The van der Waals surface area contributed by atoms with Gasteiger partial charge in [-0.3, -0.25) is 0 Å². The summed E-state index contributed by atoms with van der Waals surface area (Å²) in [6.07, 6.45) is 4.64. The number of halogens is 3. The maximum absolute atomic E-state index is 2.40. The zero-order valence-corrected chi connectivity index (χ0v) is 14.9. The van der Waals surface area contributed by atoms with E-state index in [9.17, 15) is 0 Å². The molecule has 1 aromatic rings. The summed E-state index contributed by atoms with van der Waals surface area (Å²) in [6.45, 7) is 0. The Bertz CT molecular complexity index is 299. The zero-order chi connectivity index (χ0) is 7.68. The first-order chi connectivity index (χ1) is 5.42. The van der Waals surface area contributed by atoms with E-state index in [2.05, 4.69) is 41.0 Å². The molecule has 0 bridgehead atoms. The molecule has 0 aliphatic heterocycles. The van der Waals surface area contributed by atoms with Crippen LogP contribution in [-0.2, 0) is 23.2 Å². The van der Waals surface area contributed by atoms with Crippen molar-refractivity contribution in [3.63, 3.8) is 0 Å². The summed E-state index contributed by atoms with van der Waals surface area (Å²) in [5.74, 6) is 0. The Kier molecular flexibility index (Phi) is 10.6. The van der Waals surface area contributed by atoms with Crippen LogP contribution in [0, 0.1) is 0 Å². The number of fused-ring (bicyclic) bond motifs is 1. The van der Waals surface area contributed by atoms with Crippen molar-refractivity contribution in [1.82, 2.24) is 0 Å². The Balaban J connectivity index is 0. The van der Waals surface area contributed by atoms with E-state index in [4.69, 9.17) is 0 Å². The minimum absolute atomic E-state index is 0. The van der Waals surface area contributed by atoms with Gasteiger partial charge >= 0.3 is 79.0 Å². The fraction of sp³-hybridized carbons (Fsp3) is 0.200. The molecule has 0 spiro atoms. The van der Waals surface area contributed by atoms with E-state index in [0.717, 1.165) is 3.63 Å². The molecule has 14 heavy (non-hydrogen) atoms. The molecule has 1 aromatic carbocycles. The Labute approximate surface area is 128 Å². The second-order valence-corrected chi connectivity index (χ2v) is 5.70. The summed E-state index contributed by atoms with van der Waals surface area (Å²) in [6, 6.07) is 8.74. The normalized spacial score (nSPS) is 15.4. The monoisotopic (exact) mass is 457 g/mol. The average molecular weight is 461 g/mol. The first-order valence-corrected chi connectivity index (χ1v) is 7.74. The molecule has 0 fully saturated rings. The standard InChI is InChI=1S/C9H7.CH3.3BrH.Zr/c1-2-5-9-7-3-6-8(9)4-1;;;;;/h1-7H;1H3;3*1H;/q;;;;;+3/p-3. The van der Waals surface area contributed by atoms with Crippen LogP contribution in [0.1, 0.15) is 14.8 Å². The maximum atomic E-state index is 2.40. The van der Waals surface area contributed by atoms with Crippen LogP contribution in [0.3, 0.4) is 0 Å². The van der Waals surface area contributed by atoms with Crippen LogP contribution >= 0.6 is 0 Å². The minimum atomic E-state index is -0.156. The van der Waals surface area contributed by atoms with Gasteiger partial charge in [-0.2, -0.15) is 0 Å². The molecule has 1 aliphatic carbocycles. The average Bonchev–Trinajstić information content (AvgIpc) is 2.47. The Morgan fingerprint density at radius 1 is 1.07 bits per heavy atom. The van der Waals surface area contributed by atoms with Crippen LogP contribution in [0.5, 0.6) is 0 Å². The van der Waals surface area contributed by atoms with E-state index in [1.807, 2.05) is 0 Å². The fourth-order valence-electron chi connectivity index (χ4n) is 1.50. The molecule has 75 valence electrons. The van der Waals surface area contributed by atoms with Gasteiger partial charge in [0.1, 0.15) is 0 Å². The van der Waals surface area contributed by atoms with Crippen molar-refractivity contribution in [2.45, 2.75) is 8.26 Å². The third-order valence-corrected chi connectivity index (χ3v) is 4.88.